The van der Waals surface area contributed by atoms with Gasteiger partial charge in [-0.05, 0) is 75.2 Å². The second-order valence-corrected chi connectivity index (χ2v) is 9.96. The highest BCUT2D eigenvalue weighted by molar-refractivity contribution is 7.10. The zero-order valence-corrected chi connectivity index (χ0v) is 19.5. The number of hydrogen-bond acceptors (Lipinski definition) is 7. The lowest BCUT2D eigenvalue weighted by atomic mass is 9.92. The van der Waals surface area contributed by atoms with Crippen LogP contribution in [0.15, 0.2) is 30.3 Å². The van der Waals surface area contributed by atoms with Gasteiger partial charge >= 0.3 is 6.01 Å². The first-order valence-corrected chi connectivity index (χ1v) is 12.0. The smallest absolute Gasteiger partial charge is 0.322 e. The van der Waals surface area contributed by atoms with Crippen LogP contribution < -0.4 is 15.0 Å². The SMILES string of the molecule is Cc1cc(N2C[C@H]3CC[C@@H](C2)C3Nc2nc(Oc3ccccc3Cl)n(C(C)C)n2)sn1. The molecule has 1 aromatic carbocycles. The maximum atomic E-state index is 6.27. The van der Waals surface area contributed by atoms with Crippen molar-refractivity contribution in [2.45, 2.75) is 45.7 Å². The average molecular weight is 459 g/mol. The van der Waals surface area contributed by atoms with Crippen LogP contribution in [0.5, 0.6) is 11.8 Å². The lowest BCUT2D eigenvalue weighted by Gasteiger charge is -2.38. The number of nitrogens with zero attached hydrogens (tertiary/aromatic N) is 5. The van der Waals surface area contributed by atoms with Crippen LogP contribution in [-0.4, -0.2) is 38.3 Å². The summed E-state index contributed by atoms with van der Waals surface area (Å²) in [6, 6.07) is 10.6. The van der Waals surface area contributed by atoms with E-state index in [1.54, 1.807) is 11.5 Å². The first kappa shape index (κ1) is 20.6. The Bertz CT molecular complexity index is 1050. The topological polar surface area (TPSA) is 68.1 Å². The molecular weight excluding hydrogens is 432 g/mol. The molecule has 0 radical (unpaired) electrons. The Morgan fingerprint density at radius 2 is 1.94 bits per heavy atom. The van der Waals surface area contributed by atoms with Crippen LogP contribution in [0.25, 0.3) is 0 Å². The van der Waals surface area contributed by atoms with E-state index in [2.05, 4.69) is 46.4 Å². The maximum absolute atomic E-state index is 6.27. The highest BCUT2D eigenvalue weighted by Gasteiger charge is 2.43. The van der Waals surface area contributed by atoms with Crippen LogP contribution in [-0.2, 0) is 0 Å². The highest BCUT2D eigenvalue weighted by atomic mass is 35.5. The van der Waals surface area contributed by atoms with Gasteiger partial charge < -0.3 is 15.0 Å². The average Bonchev–Trinajstić information content (AvgIpc) is 3.40. The Morgan fingerprint density at radius 1 is 1.19 bits per heavy atom. The summed E-state index contributed by atoms with van der Waals surface area (Å²) >= 11 is 7.88. The van der Waals surface area contributed by atoms with Gasteiger partial charge in [-0.15, -0.1) is 5.10 Å². The summed E-state index contributed by atoms with van der Waals surface area (Å²) in [5.74, 6) is 2.35. The molecule has 2 fully saturated rings. The molecule has 0 amide bonds. The number of nitrogens with one attached hydrogen (secondary N) is 1. The predicted octanol–water partition coefficient (Wildman–Crippen LogP) is 5.40. The number of anilines is 2. The molecule has 1 saturated heterocycles. The van der Waals surface area contributed by atoms with E-state index in [9.17, 15) is 0 Å². The van der Waals surface area contributed by atoms with Gasteiger partial charge in [0.2, 0.25) is 5.95 Å². The molecule has 31 heavy (non-hydrogen) atoms. The fourth-order valence-corrected chi connectivity index (χ4v) is 5.64. The number of piperidine rings is 1. The van der Waals surface area contributed by atoms with E-state index in [0.717, 1.165) is 18.8 Å². The van der Waals surface area contributed by atoms with Crippen LogP contribution in [0, 0.1) is 18.8 Å². The highest BCUT2D eigenvalue weighted by Crippen LogP contribution is 2.41. The summed E-state index contributed by atoms with van der Waals surface area (Å²) in [5, 5.41) is 10.2. The third-order valence-electron chi connectivity index (χ3n) is 6.18. The minimum atomic E-state index is 0.119. The number of rotatable bonds is 6. The van der Waals surface area contributed by atoms with Crippen molar-refractivity contribution in [3.05, 3.63) is 41.0 Å². The van der Waals surface area contributed by atoms with Crippen molar-refractivity contribution in [1.82, 2.24) is 19.1 Å². The summed E-state index contributed by atoms with van der Waals surface area (Å²) in [6.45, 7) is 8.28. The molecule has 2 aliphatic rings. The molecule has 7 nitrogen and oxygen atoms in total. The number of aryl methyl sites for hydroxylation is 1. The molecule has 164 valence electrons. The first-order chi connectivity index (χ1) is 15.0. The van der Waals surface area contributed by atoms with Gasteiger partial charge in [0.25, 0.3) is 0 Å². The lowest BCUT2D eigenvalue weighted by molar-refractivity contribution is 0.375. The standard InChI is InChI=1S/C22H27ClN6OS/c1-13(2)29-22(30-18-7-5-4-6-17(18)23)25-21(26-29)24-20-15-8-9-16(20)12-28(11-15)19-10-14(3)27-31-19/h4-7,10,13,15-16,20H,8-9,11-12H2,1-3H3,(H,24,26)/t15-,16+,20?. The minimum Gasteiger partial charge on any atom is -0.423 e. The maximum Gasteiger partial charge on any atom is 0.322 e. The summed E-state index contributed by atoms with van der Waals surface area (Å²) < 4.78 is 12.3. The van der Waals surface area contributed by atoms with Gasteiger partial charge in [-0.2, -0.15) is 9.36 Å². The molecule has 3 atom stereocenters. The largest absolute Gasteiger partial charge is 0.423 e. The number of aromatic nitrogens is 4. The zero-order chi connectivity index (χ0) is 21.5. The number of fused-ring (bicyclic) bond motifs is 2. The van der Waals surface area contributed by atoms with Crippen LogP contribution in [0.4, 0.5) is 10.9 Å². The molecule has 1 N–H and O–H groups in total. The molecule has 1 unspecified atom stereocenters. The van der Waals surface area contributed by atoms with E-state index in [1.165, 1.54) is 17.8 Å². The molecule has 2 bridgehead atoms. The van der Waals surface area contributed by atoms with Crippen molar-refractivity contribution in [3.8, 4) is 11.8 Å². The van der Waals surface area contributed by atoms with Gasteiger partial charge in [0, 0.05) is 19.1 Å². The van der Waals surface area contributed by atoms with E-state index >= 15 is 0 Å². The van der Waals surface area contributed by atoms with Crippen molar-refractivity contribution in [3.63, 3.8) is 0 Å². The number of hydrogen-bond donors (Lipinski definition) is 1. The van der Waals surface area contributed by atoms with Gasteiger partial charge in [0.05, 0.1) is 16.8 Å². The minimum absolute atomic E-state index is 0.119. The Morgan fingerprint density at radius 3 is 2.58 bits per heavy atom. The first-order valence-electron chi connectivity index (χ1n) is 10.8. The van der Waals surface area contributed by atoms with Crippen molar-refractivity contribution in [2.24, 2.45) is 11.8 Å². The fraction of sp³-hybridized carbons (Fsp3) is 0.500. The van der Waals surface area contributed by atoms with Gasteiger partial charge in [0.1, 0.15) is 10.8 Å². The van der Waals surface area contributed by atoms with Gasteiger partial charge in [-0.1, -0.05) is 23.7 Å². The second kappa shape index (κ2) is 8.31. The Hall–Kier alpha value is -2.32. The molecule has 3 heterocycles. The van der Waals surface area contributed by atoms with Crippen molar-refractivity contribution in [2.75, 3.05) is 23.3 Å². The summed E-state index contributed by atoms with van der Waals surface area (Å²) in [6.07, 6.45) is 2.45. The van der Waals surface area contributed by atoms with Crippen LogP contribution >= 0.6 is 23.1 Å². The van der Waals surface area contributed by atoms with Crippen LogP contribution in [0.2, 0.25) is 5.02 Å². The summed E-state index contributed by atoms with van der Waals surface area (Å²) in [5.41, 5.74) is 1.10. The number of para-hydroxylation sites is 1. The lowest BCUT2D eigenvalue weighted by Crippen LogP contribution is -2.48. The fourth-order valence-electron chi connectivity index (χ4n) is 4.69. The zero-order valence-electron chi connectivity index (χ0n) is 18.0. The molecular formula is C22H27ClN6OS. The number of ether oxygens (including phenoxy) is 1. The molecule has 1 saturated carbocycles. The Labute approximate surface area is 191 Å². The molecule has 3 aromatic rings. The Balaban J connectivity index is 1.33. The van der Waals surface area contributed by atoms with E-state index < -0.39 is 0 Å². The summed E-state index contributed by atoms with van der Waals surface area (Å²) in [7, 11) is 0. The molecule has 1 aliphatic carbocycles. The van der Waals surface area contributed by atoms with E-state index in [4.69, 9.17) is 21.4 Å². The third-order valence-corrected chi connectivity index (χ3v) is 7.44. The van der Waals surface area contributed by atoms with E-state index in [0.29, 0.717) is 40.6 Å². The van der Waals surface area contributed by atoms with Crippen molar-refractivity contribution < 1.29 is 4.74 Å². The molecule has 5 rings (SSSR count). The van der Waals surface area contributed by atoms with Crippen LogP contribution in [0.1, 0.15) is 38.4 Å². The van der Waals surface area contributed by atoms with E-state index in [-0.39, 0.29) is 6.04 Å². The monoisotopic (exact) mass is 458 g/mol. The third kappa shape index (κ3) is 4.11. The second-order valence-electron chi connectivity index (χ2n) is 8.77. The van der Waals surface area contributed by atoms with E-state index in [1.807, 2.05) is 28.9 Å². The normalized spacial score (nSPS) is 22.9. The number of benzene rings is 1. The molecule has 9 heteroatoms. The molecule has 0 spiro atoms. The predicted molar refractivity (Wildman–Crippen MR) is 125 cm³/mol. The van der Waals surface area contributed by atoms with Gasteiger partial charge in [-0.25, -0.2) is 4.68 Å². The Kier molecular flexibility index (Phi) is 5.52. The van der Waals surface area contributed by atoms with Crippen molar-refractivity contribution in [1.29, 1.82) is 0 Å². The van der Waals surface area contributed by atoms with Gasteiger partial charge in [0.15, 0.2) is 0 Å². The van der Waals surface area contributed by atoms with Gasteiger partial charge in [-0.3, -0.25) is 0 Å². The summed E-state index contributed by atoms with van der Waals surface area (Å²) in [4.78, 5) is 7.17. The number of halogens is 1. The molecule has 1 aliphatic heterocycles. The van der Waals surface area contributed by atoms with Crippen LogP contribution in [0.3, 0.4) is 0 Å². The quantitative estimate of drug-likeness (QED) is 0.533. The molecule has 2 aromatic heterocycles. The van der Waals surface area contributed by atoms with Crippen molar-refractivity contribution >= 4 is 34.1 Å².